The number of hydrogen-bond acceptors (Lipinski definition) is 3. The highest BCUT2D eigenvalue weighted by Crippen LogP contribution is 2.17. The van der Waals surface area contributed by atoms with Gasteiger partial charge in [0.1, 0.15) is 5.82 Å². The van der Waals surface area contributed by atoms with Crippen molar-refractivity contribution in [2.45, 2.75) is 17.7 Å². The molecule has 0 saturated heterocycles. The molecule has 6 heteroatoms. The van der Waals surface area contributed by atoms with E-state index in [-0.39, 0.29) is 23.9 Å². The molecule has 0 fully saturated rings. The monoisotopic (exact) mass is 271 g/mol. The van der Waals surface area contributed by atoms with Crippen LogP contribution < -0.4 is 5.32 Å². The molecular weight excluding hydrogens is 257 g/mol. The molecule has 1 aromatic rings. The third-order valence-electron chi connectivity index (χ3n) is 2.07. The van der Waals surface area contributed by atoms with Gasteiger partial charge in [0.25, 0.3) is 0 Å². The largest absolute Gasteiger partial charge is 0.481 e. The minimum absolute atomic E-state index is 0.0470. The topological polar surface area (TPSA) is 66.4 Å². The number of carbonyl (C=O) groups is 2. The highest BCUT2D eigenvalue weighted by molar-refractivity contribution is 8.00. The minimum atomic E-state index is -0.870. The van der Waals surface area contributed by atoms with E-state index in [1.54, 1.807) is 12.1 Å². The molecule has 4 nitrogen and oxygen atoms in total. The molecule has 0 heterocycles. The summed E-state index contributed by atoms with van der Waals surface area (Å²) in [6.45, 7) is 0.356. The van der Waals surface area contributed by atoms with Gasteiger partial charge in [-0.15, -0.1) is 11.8 Å². The van der Waals surface area contributed by atoms with Gasteiger partial charge in [-0.2, -0.15) is 0 Å². The van der Waals surface area contributed by atoms with Crippen LogP contribution >= 0.6 is 11.8 Å². The average molecular weight is 271 g/mol. The van der Waals surface area contributed by atoms with Gasteiger partial charge in [0.2, 0.25) is 5.91 Å². The number of halogens is 1. The molecule has 2 N–H and O–H groups in total. The van der Waals surface area contributed by atoms with Crippen LogP contribution in [0.1, 0.15) is 12.8 Å². The summed E-state index contributed by atoms with van der Waals surface area (Å²) in [5.41, 5.74) is 0. The van der Waals surface area contributed by atoms with Crippen molar-refractivity contribution >= 4 is 23.6 Å². The molecule has 0 aliphatic heterocycles. The lowest BCUT2D eigenvalue weighted by Crippen LogP contribution is -2.26. The van der Waals surface area contributed by atoms with Crippen LogP contribution in [0.2, 0.25) is 0 Å². The zero-order valence-corrected chi connectivity index (χ0v) is 10.5. The molecule has 18 heavy (non-hydrogen) atoms. The van der Waals surface area contributed by atoms with Crippen LogP contribution in [0.15, 0.2) is 29.2 Å². The summed E-state index contributed by atoms with van der Waals surface area (Å²) in [5, 5.41) is 11.0. The fourth-order valence-corrected chi connectivity index (χ4v) is 1.93. The quantitative estimate of drug-likeness (QED) is 0.587. The first-order valence-corrected chi connectivity index (χ1v) is 6.43. The molecule has 1 amide bonds. The third-order valence-corrected chi connectivity index (χ3v) is 3.09. The van der Waals surface area contributed by atoms with Gasteiger partial charge in [-0.3, -0.25) is 9.59 Å². The molecule has 0 saturated carbocycles. The number of carbonyl (C=O) groups excluding carboxylic acids is 1. The molecule has 0 aliphatic carbocycles. The van der Waals surface area contributed by atoms with E-state index in [4.69, 9.17) is 5.11 Å². The fraction of sp³-hybridized carbons (Fsp3) is 0.333. The Labute approximate surface area is 109 Å². The van der Waals surface area contributed by atoms with Crippen molar-refractivity contribution in [3.63, 3.8) is 0 Å². The van der Waals surface area contributed by atoms with E-state index in [0.717, 1.165) is 4.90 Å². The van der Waals surface area contributed by atoms with E-state index >= 15 is 0 Å². The van der Waals surface area contributed by atoms with Crippen molar-refractivity contribution in [3.05, 3.63) is 30.1 Å². The number of nitrogens with one attached hydrogen (secondary N) is 1. The smallest absolute Gasteiger partial charge is 0.303 e. The van der Waals surface area contributed by atoms with Crippen LogP contribution in [0.3, 0.4) is 0 Å². The van der Waals surface area contributed by atoms with E-state index in [2.05, 4.69) is 5.32 Å². The summed E-state index contributed by atoms with van der Waals surface area (Å²) >= 11 is 1.31. The number of carboxylic acids is 1. The zero-order valence-electron chi connectivity index (χ0n) is 9.69. The second-order valence-electron chi connectivity index (χ2n) is 3.59. The Morgan fingerprint density at radius 3 is 2.56 bits per heavy atom. The number of thioether (sulfide) groups is 1. The Kier molecular flexibility index (Phi) is 6.21. The van der Waals surface area contributed by atoms with Gasteiger partial charge in [0, 0.05) is 17.9 Å². The van der Waals surface area contributed by atoms with Crippen LogP contribution in [0.4, 0.5) is 4.39 Å². The van der Waals surface area contributed by atoms with Gasteiger partial charge in [0.05, 0.1) is 5.75 Å². The van der Waals surface area contributed by atoms with Crippen LogP contribution in [0, 0.1) is 5.82 Å². The average Bonchev–Trinajstić information content (AvgIpc) is 2.34. The molecule has 0 atom stereocenters. The Morgan fingerprint density at radius 1 is 1.28 bits per heavy atom. The molecular formula is C12H14FNO3S. The summed E-state index contributed by atoms with van der Waals surface area (Å²) in [7, 11) is 0. The maximum Gasteiger partial charge on any atom is 0.303 e. The van der Waals surface area contributed by atoms with Crippen molar-refractivity contribution in [1.82, 2.24) is 5.32 Å². The Hall–Kier alpha value is -1.56. The number of benzene rings is 1. The van der Waals surface area contributed by atoms with Gasteiger partial charge < -0.3 is 10.4 Å². The summed E-state index contributed by atoms with van der Waals surface area (Å²) in [6, 6.07) is 5.90. The highest BCUT2D eigenvalue weighted by Gasteiger charge is 2.03. The van der Waals surface area contributed by atoms with E-state index in [0.29, 0.717) is 13.0 Å². The highest BCUT2D eigenvalue weighted by atomic mass is 32.2. The van der Waals surface area contributed by atoms with Crippen LogP contribution in [0.25, 0.3) is 0 Å². The number of rotatable bonds is 7. The first-order valence-electron chi connectivity index (χ1n) is 5.45. The number of amides is 1. The van der Waals surface area contributed by atoms with Crippen LogP contribution in [-0.2, 0) is 9.59 Å². The number of aliphatic carboxylic acids is 1. The van der Waals surface area contributed by atoms with Crippen molar-refractivity contribution in [1.29, 1.82) is 0 Å². The van der Waals surface area contributed by atoms with Crippen molar-refractivity contribution in [3.8, 4) is 0 Å². The molecule has 0 unspecified atom stereocenters. The van der Waals surface area contributed by atoms with E-state index in [1.807, 2.05) is 0 Å². The Bertz CT molecular complexity index is 408. The molecule has 0 spiro atoms. The Morgan fingerprint density at radius 2 is 1.94 bits per heavy atom. The van der Waals surface area contributed by atoms with Crippen molar-refractivity contribution in [2.75, 3.05) is 12.3 Å². The standard InChI is InChI=1S/C12H14FNO3S/c13-9-3-5-10(6-4-9)18-8-11(15)14-7-1-2-12(16)17/h3-6H,1-2,7-8H2,(H,14,15)(H,16,17). The molecule has 1 aromatic carbocycles. The van der Waals surface area contributed by atoms with E-state index in [1.165, 1.54) is 23.9 Å². The van der Waals surface area contributed by atoms with Gasteiger partial charge in [-0.05, 0) is 30.7 Å². The third kappa shape index (κ3) is 6.24. The summed E-state index contributed by atoms with van der Waals surface area (Å²) in [6.07, 6.45) is 0.466. The summed E-state index contributed by atoms with van der Waals surface area (Å²) in [4.78, 5) is 22.4. The minimum Gasteiger partial charge on any atom is -0.481 e. The van der Waals surface area contributed by atoms with E-state index < -0.39 is 5.97 Å². The Balaban J connectivity index is 2.17. The normalized spacial score (nSPS) is 10.1. The zero-order chi connectivity index (χ0) is 13.4. The summed E-state index contributed by atoms with van der Waals surface area (Å²) < 4.78 is 12.6. The van der Waals surface area contributed by atoms with Crippen molar-refractivity contribution in [2.24, 2.45) is 0 Å². The van der Waals surface area contributed by atoms with Crippen molar-refractivity contribution < 1.29 is 19.1 Å². The van der Waals surface area contributed by atoms with E-state index in [9.17, 15) is 14.0 Å². The predicted molar refractivity (Wildman–Crippen MR) is 67.0 cm³/mol. The molecule has 0 radical (unpaired) electrons. The van der Waals surface area contributed by atoms with Gasteiger partial charge in [-0.1, -0.05) is 0 Å². The maximum absolute atomic E-state index is 12.6. The summed E-state index contributed by atoms with van der Waals surface area (Å²) in [5.74, 6) is -1.10. The first-order chi connectivity index (χ1) is 8.58. The van der Waals surface area contributed by atoms with Gasteiger partial charge >= 0.3 is 5.97 Å². The predicted octanol–water partition coefficient (Wildman–Crippen LogP) is 1.90. The SMILES string of the molecule is O=C(O)CCCNC(=O)CSc1ccc(F)cc1. The van der Waals surface area contributed by atoms with Gasteiger partial charge in [-0.25, -0.2) is 4.39 Å². The fourth-order valence-electron chi connectivity index (χ4n) is 1.20. The lowest BCUT2D eigenvalue weighted by molar-refractivity contribution is -0.137. The van der Waals surface area contributed by atoms with Crippen LogP contribution in [0.5, 0.6) is 0 Å². The lowest BCUT2D eigenvalue weighted by Gasteiger charge is -2.04. The molecule has 98 valence electrons. The number of hydrogen-bond donors (Lipinski definition) is 2. The molecule has 1 rings (SSSR count). The van der Waals surface area contributed by atoms with Crippen LogP contribution in [-0.4, -0.2) is 29.3 Å². The second-order valence-corrected chi connectivity index (χ2v) is 4.64. The van der Waals surface area contributed by atoms with Gasteiger partial charge in [0.15, 0.2) is 0 Å². The maximum atomic E-state index is 12.6. The number of carboxylic acid groups (broad SMARTS) is 1. The molecule has 0 aromatic heterocycles. The second kappa shape index (κ2) is 7.71. The molecule has 0 bridgehead atoms. The lowest BCUT2D eigenvalue weighted by atomic mass is 10.3. The molecule has 0 aliphatic rings. The first kappa shape index (κ1) is 14.5.